The van der Waals surface area contributed by atoms with Crippen LogP contribution < -0.4 is 10.6 Å². The molecule has 35 heavy (non-hydrogen) atoms. The maximum Gasteiger partial charge on any atom is 0.407 e. The Hall–Kier alpha value is -3.35. The van der Waals surface area contributed by atoms with Crippen LogP contribution in [-0.2, 0) is 14.3 Å². The number of benzene rings is 2. The summed E-state index contributed by atoms with van der Waals surface area (Å²) < 4.78 is 5.71. The van der Waals surface area contributed by atoms with Crippen molar-refractivity contribution in [3.8, 4) is 11.1 Å². The number of alkyl carbamates (subject to hydrolysis) is 1. The molecule has 2 aromatic carbocycles. The van der Waals surface area contributed by atoms with Gasteiger partial charge in [0.2, 0.25) is 5.91 Å². The summed E-state index contributed by atoms with van der Waals surface area (Å²) in [6, 6.07) is 16.1. The number of hydrogen-bond donors (Lipinski definition) is 3. The van der Waals surface area contributed by atoms with Gasteiger partial charge in [-0.05, 0) is 47.4 Å². The molecule has 7 nitrogen and oxygen atoms in total. The number of rotatable bonds is 7. The molecule has 0 aromatic heterocycles. The second-order valence-corrected chi connectivity index (χ2v) is 10.0. The van der Waals surface area contributed by atoms with E-state index in [1.165, 1.54) is 11.1 Å². The number of ether oxygens (including phenoxy) is 1. The summed E-state index contributed by atoms with van der Waals surface area (Å²) in [5.41, 5.74) is 4.68. The van der Waals surface area contributed by atoms with Gasteiger partial charge in [0.25, 0.3) is 0 Å². The van der Waals surface area contributed by atoms with Crippen LogP contribution in [-0.4, -0.2) is 42.3 Å². The molecule has 2 amide bonds. The molecule has 184 valence electrons. The van der Waals surface area contributed by atoms with Crippen LogP contribution in [0.25, 0.3) is 11.1 Å². The van der Waals surface area contributed by atoms with Crippen LogP contribution in [0.2, 0.25) is 0 Å². The molecule has 7 heteroatoms. The predicted molar refractivity (Wildman–Crippen MR) is 131 cm³/mol. The first-order chi connectivity index (χ1) is 17.0. The molecular weight excluding hydrogens is 444 g/mol. The Labute approximate surface area is 205 Å². The number of aliphatic carboxylic acids is 1. The Kier molecular flexibility index (Phi) is 6.75. The van der Waals surface area contributed by atoms with E-state index in [4.69, 9.17) is 9.84 Å². The van der Waals surface area contributed by atoms with Gasteiger partial charge in [0.1, 0.15) is 6.61 Å². The molecule has 3 aliphatic carbocycles. The van der Waals surface area contributed by atoms with Crippen molar-refractivity contribution in [2.45, 2.75) is 50.5 Å². The Bertz CT molecular complexity index is 1070. The van der Waals surface area contributed by atoms with Gasteiger partial charge in [0.05, 0.1) is 11.8 Å². The highest BCUT2D eigenvalue weighted by atomic mass is 16.5. The quantitative estimate of drug-likeness (QED) is 0.517. The average Bonchev–Trinajstić information content (AvgIpc) is 3.62. The second kappa shape index (κ2) is 10.1. The van der Waals surface area contributed by atoms with E-state index >= 15 is 0 Å². The summed E-state index contributed by atoms with van der Waals surface area (Å²) in [7, 11) is 0. The number of amides is 2. The maximum absolute atomic E-state index is 12.9. The summed E-state index contributed by atoms with van der Waals surface area (Å²) >= 11 is 0. The van der Waals surface area contributed by atoms with Gasteiger partial charge in [-0.15, -0.1) is 0 Å². The SMILES string of the molecule is O=C(N[C@@H]1CCCCC[C@@H]1C(=O)NCC1CC1C(=O)O)OCC1c2ccccc2-c2ccccc21. The minimum atomic E-state index is -0.798. The van der Waals surface area contributed by atoms with Crippen molar-refractivity contribution in [2.24, 2.45) is 17.8 Å². The summed E-state index contributed by atoms with van der Waals surface area (Å²) in [4.78, 5) is 36.8. The van der Waals surface area contributed by atoms with Crippen LogP contribution in [0.3, 0.4) is 0 Å². The lowest BCUT2D eigenvalue weighted by atomic mass is 9.93. The molecule has 2 fully saturated rings. The van der Waals surface area contributed by atoms with Crippen LogP contribution in [0.1, 0.15) is 55.6 Å². The summed E-state index contributed by atoms with van der Waals surface area (Å²) in [5, 5.41) is 15.0. The van der Waals surface area contributed by atoms with Crippen molar-refractivity contribution in [2.75, 3.05) is 13.2 Å². The van der Waals surface area contributed by atoms with Crippen LogP contribution in [0, 0.1) is 17.8 Å². The minimum Gasteiger partial charge on any atom is -0.481 e. The van der Waals surface area contributed by atoms with Crippen LogP contribution >= 0.6 is 0 Å². The van der Waals surface area contributed by atoms with E-state index < -0.39 is 12.1 Å². The highest BCUT2D eigenvalue weighted by Crippen LogP contribution is 2.44. The molecule has 0 spiro atoms. The van der Waals surface area contributed by atoms with Crippen molar-refractivity contribution in [1.82, 2.24) is 10.6 Å². The lowest BCUT2D eigenvalue weighted by molar-refractivity contribution is -0.139. The molecule has 0 heterocycles. The molecule has 5 rings (SSSR count). The first-order valence-electron chi connectivity index (χ1n) is 12.6. The molecule has 2 aromatic rings. The Balaban J connectivity index is 1.19. The standard InChI is InChI=1S/C28H32N2O5/c31-26(29-15-17-14-23(17)27(32)33)22-12-2-1-3-13-25(22)30-28(34)35-16-24-20-10-6-4-8-18(20)19-9-5-7-11-21(19)24/h4-11,17,22-25H,1-3,12-16H2,(H,29,31)(H,30,34)(H,32,33)/t17?,22-,23?,25+/m0/s1. The zero-order valence-electron chi connectivity index (χ0n) is 19.7. The molecule has 3 N–H and O–H groups in total. The van der Waals surface area contributed by atoms with Gasteiger partial charge in [-0.1, -0.05) is 67.8 Å². The number of carbonyl (C=O) groups is 3. The summed E-state index contributed by atoms with van der Waals surface area (Å²) in [5.74, 6) is -1.59. The van der Waals surface area contributed by atoms with Crippen molar-refractivity contribution in [3.05, 3.63) is 59.7 Å². The highest BCUT2D eigenvalue weighted by Gasteiger charge is 2.43. The molecular formula is C28H32N2O5. The van der Waals surface area contributed by atoms with Gasteiger partial charge in [-0.2, -0.15) is 0 Å². The van der Waals surface area contributed by atoms with Gasteiger partial charge >= 0.3 is 12.1 Å². The van der Waals surface area contributed by atoms with E-state index in [9.17, 15) is 14.4 Å². The molecule has 0 saturated heterocycles. The molecule has 2 saturated carbocycles. The Morgan fingerprint density at radius 1 is 0.886 bits per heavy atom. The smallest absolute Gasteiger partial charge is 0.407 e. The normalized spacial score (nSPS) is 25.0. The van der Waals surface area contributed by atoms with Crippen molar-refractivity contribution < 1.29 is 24.2 Å². The van der Waals surface area contributed by atoms with Crippen LogP contribution in [0.4, 0.5) is 4.79 Å². The number of carbonyl (C=O) groups excluding carboxylic acids is 2. The minimum absolute atomic E-state index is 0.00997. The maximum atomic E-state index is 12.9. The lowest BCUT2D eigenvalue weighted by Crippen LogP contribution is -2.47. The summed E-state index contributed by atoms with van der Waals surface area (Å²) in [6.45, 7) is 0.617. The number of carboxylic acid groups (broad SMARTS) is 1. The third-order valence-electron chi connectivity index (χ3n) is 7.78. The number of nitrogens with one attached hydrogen (secondary N) is 2. The lowest BCUT2D eigenvalue weighted by Gasteiger charge is -2.25. The molecule has 0 radical (unpaired) electrons. The zero-order chi connectivity index (χ0) is 24.4. The average molecular weight is 477 g/mol. The second-order valence-electron chi connectivity index (χ2n) is 10.0. The first kappa shape index (κ1) is 23.4. The van der Waals surface area contributed by atoms with E-state index in [-0.39, 0.29) is 42.2 Å². The fourth-order valence-electron chi connectivity index (χ4n) is 5.72. The van der Waals surface area contributed by atoms with Gasteiger partial charge in [-0.25, -0.2) is 4.79 Å². The number of fused-ring (bicyclic) bond motifs is 3. The van der Waals surface area contributed by atoms with Gasteiger partial charge in [0, 0.05) is 18.5 Å². The van der Waals surface area contributed by atoms with Crippen LogP contribution in [0.15, 0.2) is 48.5 Å². The molecule has 4 atom stereocenters. The van der Waals surface area contributed by atoms with E-state index in [2.05, 4.69) is 34.9 Å². The number of carboxylic acids is 1. The number of hydrogen-bond acceptors (Lipinski definition) is 4. The summed E-state index contributed by atoms with van der Waals surface area (Å²) in [6.07, 6.45) is 4.45. The topological polar surface area (TPSA) is 105 Å². The molecule has 0 aliphatic heterocycles. The fraction of sp³-hybridized carbons (Fsp3) is 0.464. The molecule has 2 unspecified atom stereocenters. The van der Waals surface area contributed by atoms with E-state index in [0.717, 1.165) is 36.8 Å². The first-order valence-corrected chi connectivity index (χ1v) is 12.6. The van der Waals surface area contributed by atoms with Gasteiger partial charge in [-0.3, -0.25) is 9.59 Å². The zero-order valence-corrected chi connectivity index (χ0v) is 19.7. The predicted octanol–water partition coefficient (Wildman–Crippen LogP) is 4.31. The fourth-order valence-corrected chi connectivity index (χ4v) is 5.72. The third kappa shape index (κ3) is 5.04. The largest absolute Gasteiger partial charge is 0.481 e. The highest BCUT2D eigenvalue weighted by molar-refractivity contribution is 5.81. The molecule has 3 aliphatic rings. The Morgan fingerprint density at radius 2 is 1.54 bits per heavy atom. The van der Waals surface area contributed by atoms with Crippen LogP contribution in [0.5, 0.6) is 0 Å². The van der Waals surface area contributed by atoms with Crippen molar-refractivity contribution >= 4 is 18.0 Å². The molecule has 0 bridgehead atoms. The van der Waals surface area contributed by atoms with Crippen molar-refractivity contribution in [1.29, 1.82) is 0 Å². The third-order valence-corrected chi connectivity index (χ3v) is 7.78. The van der Waals surface area contributed by atoms with Gasteiger partial charge < -0.3 is 20.5 Å². The van der Waals surface area contributed by atoms with E-state index in [1.807, 2.05) is 24.3 Å². The Morgan fingerprint density at radius 3 is 2.20 bits per heavy atom. The monoisotopic (exact) mass is 476 g/mol. The van der Waals surface area contributed by atoms with E-state index in [0.29, 0.717) is 19.4 Å². The van der Waals surface area contributed by atoms with E-state index in [1.54, 1.807) is 0 Å². The van der Waals surface area contributed by atoms with Gasteiger partial charge in [0.15, 0.2) is 0 Å². The van der Waals surface area contributed by atoms with Crippen molar-refractivity contribution in [3.63, 3.8) is 0 Å².